The molecular formula is C21H26N4O4S. The summed E-state index contributed by atoms with van der Waals surface area (Å²) in [4.78, 5) is 36.1. The summed E-state index contributed by atoms with van der Waals surface area (Å²) >= 11 is 1.51. The number of hydrogen-bond acceptors (Lipinski definition) is 7. The summed E-state index contributed by atoms with van der Waals surface area (Å²) in [6.45, 7) is 7.07. The van der Waals surface area contributed by atoms with Crippen molar-refractivity contribution in [1.29, 1.82) is 0 Å². The molecule has 2 aromatic rings. The van der Waals surface area contributed by atoms with Gasteiger partial charge in [-0.25, -0.2) is 4.79 Å². The second-order valence-corrected chi connectivity index (χ2v) is 8.15. The molecule has 4 rings (SSSR count). The molecule has 0 bridgehead atoms. The van der Waals surface area contributed by atoms with Crippen molar-refractivity contribution >= 4 is 28.3 Å². The number of nitrogens with zero attached hydrogens (tertiary/aromatic N) is 4. The van der Waals surface area contributed by atoms with Crippen molar-refractivity contribution in [3.8, 4) is 11.3 Å². The standard InChI is InChI=1S/C21H26N4O4S/c1-2-29-21(27)25-9-7-23(8-10-25)19(26)18-15-16(17-5-3-4-6-22-17)20(30-18)24-11-13-28-14-12-24/h3-6,15H,2,7-14H2,1H3. The van der Waals surface area contributed by atoms with Crippen LogP contribution in [0.1, 0.15) is 16.6 Å². The van der Waals surface area contributed by atoms with E-state index in [0.717, 1.165) is 29.3 Å². The number of pyridine rings is 1. The Hall–Kier alpha value is -2.65. The molecule has 8 nitrogen and oxygen atoms in total. The predicted molar refractivity (Wildman–Crippen MR) is 115 cm³/mol. The van der Waals surface area contributed by atoms with Crippen LogP contribution in [0.25, 0.3) is 11.3 Å². The lowest BCUT2D eigenvalue weighted by Gasteiger charge is -2.33. The molecule has 0 spiro atoms. The number of carbonyl (C=O) groups is 2. The lowest BCUT2D eigenvalue weighted by Crippen LogP contribution is -2.50. The minimum atomic E-state index is -0.312. The number of rotatable bonds is 4. The smallest absolute Gasteiger partial charge is 0.409 e. The van der Waals surface area contributed by atoms with Gasteiger partial charge in [-0.3, -0.25) is 9.78 Å². The number of aromatic nitrogens is 1. The normalized spacial score (nSPS) is 17.2. The van der Waals surface area contributed by atoms with Crippen molar-refractivity contribution in [3.05, 3.63) is 35.3 Å². The van der Waals surface area contributed by atoms with Crippen LogP contribution in [0.5, 0.6) is 0 Å². The SMILES string of the molecule is CCOC(=O)N1CCN(C(=O)c2cc(-c3ccccn3)c(N3CCOCC3)s2)CC1. The number of anilines is 1. The Kier molecular flexibility index (Phi) is 6.49. The molecule has 2 fully saturated rings. The van der Waals surface area contributed by atoms with Gasteiger partial charge in [-0.1, -0.05) is 6.07 Å². The molecule has 0 aromatic carbocycles. The molecule has 2 aliphatic rings. The second-order valence-electron chi connectivity index (χ2n) is 7.12. The van der Waals surface area contributed by atoms with E-state index in [9.17, 15) is 9.59 Å². The van der Waals surface area contributed by atoms with E-state index in [-0.39, 0.29) is 12.0 Å². The first-order chi connectivity index (χ1) is 14.7. The molecule has 2 aliphatic heterocycles. The van der Waals surface area contributed by atoms with Crippen LogP contribution in [0.3, 0.4) is 0 Å². The number of ether oxygens (including phenoxy) is 2. The molecule has 2 amide bonds. The fourth-order valence-electron chi connectivity index (χ4n) is 3.66. The fourth-order valence-corrected chi connectivity index (χ4v) is 4.84. The topological polar surface area (TPSA) is 75.2 Å². The highest BCUT2D eigenvalue weighted by Crippen LogP contribution is 2.39. The lowest BCUT2D eigenvalue weighted by atomic mass is 10.1. The highest BCUT2D eigenvalue weighted by Gasteiger charge is 2.28. The monoisotopic (exact) mass is 430 g/mol. The first kappa shape index (κ1) is 20.6. The van der Waals surface area contributed by atoms with Gasteiger partial charge in [0.1, 0.15) is 5.00 Å². The van der Waals surface area contributed by atoms with Gasteiger partial charge in [0.25, 0.3) is 5.91 Å². The van der Waals surface area contributed by atoms with Gasteiger partial charge in [0, 0.05) is 51.0 Å². The summed E-state index contributed by atoms with van der Waals surface area (Å²) in [5.74, 6) is 0.000185. The van der Waals surface area contributed by atoms with Crippen LogP contribution >= 0.6 is 11.3 Å². The summed E-state index contributed by atoms with van der Waals surface area (Å²) in [7, 11) is 0. The molecule has 9 heteroatoms. The zero-order valence-corrected chi connectivity index (χ0v) is 17.9. The summed E-state index contributed by atoms with van der Waals surface area (Å²) in [6.07, 6.45) is 1.46. The zero-order valence-electron chi connectivity index (χ0n) is 17.1. The summed E-state index contributed by atoms with van der Waals surface area (Å²) in [5.41, 5.74) is 1.84. The van der Waals surface area contributed by atoms with Gasteiger partial charge in [-0.05, 0) is 25.1 Å². The van der Waals surface area contributed by atoms with Gasteiger partial charge in [-0.2, -0.15) is 0 Å². The van der Waals surface area contributed by atoms with E-state index in [0.29, 0.717) is 50.9 Å². The first-order valence-corrected chi connectivity index (χ1v) is 11.1. The van der Waals surface area contributed by atoms with Crippen LogP contribution in [0, 0.1) is 0 Å². The Morgan fingerprint density at radius 3 is 2.50 bits per heavy atom. The summed E-state index contributed by atoms with van der Waals surface area (Å²) in [5, 5.41) is 1.06. The van der Waals surface area contributed by atoms with Crippen LogP contribution in [0.15, 0.2) is 30.5 Å². The Morgan fingerprint density at radius 2 is 1.83 bits per heavy atom. The molecule has 0 radical (unpaired) electrons. The van der Waals surface area contributed by atoms with Gasteiger partial charge in [0.15, 0.2) is 0 Å². The number of thiophene rings is 1. The van der Waals surface area contributed by atoms with Crippen molar-refractivity contribution < 1.29 is 19.1 Å². The van der Waals surface area contributed by atoms with Crippen LogP contribution < -0.4 is 4.90 Å². The van der Waals surface area contributed by atoms with Crippen LogP contribution in [0.2, 0.25) is 0 Å². The number of hydrogen-bond donors (Lipinski definition) is 0. The van der Waals surface area contributed by atoms with E-state index in [2.05, 4.69) is 9.88 Å². The minimum absolute atomic E-state index is 0.000185. The van der Waals surface area contributed by atoms with Crippen molar-refractivity contribution in [1.82, 2.24) is 14.8 Å². The van der Waals surface area contributed by atoms with E-state index >= 15 is 0 Å². The second kappa shape index (κ2) is 9.44. The largest absolute Gasteiger partial charge is 0.450 e. The van der Waals surface area contributed by atoms with E-state index in [1.807, 2.05) is 29.2 Å². The highest BCUT2D eigenvalue weighted by molar-refractivity contribution is 7.18. The molecule has 0 saturated carbocycles. The Bertz CT molecular complexity index is 874. The molecular weight excluding hydrogens is 404 g/mol. The van der Waals surface area contributed by atoms with Gasteiger partial charge >= 0.3 is 6.09 Å². The van der Waals surface area contributed by atoms with Crippen LogP contribution in [-0.4, -0.2) is 85.9 Å². The van der Waals surface area contributed by atoms with Gasteiger partial charge in [0.2, 0.25) is 0 Å². The third-order valence-corrected chi connectivity index (χ3v) is 6.44. The van der Waals surface area contributed by atoms with Gasteiger partial charge in [-0.15, -0.1) is 11.3 Å². The van der Waals surface area contributed by atoms with Crippen molar-refractivity contribution in [2.24, 2.45) is 0 Å². The van der Waals surface area contributed by atoms with Crippen molar-refractivity contribution in [3.63, 3.8) is 0 Å². The third kappa shape index (κ3) is 4.41. The van der Waals surface area contributed by atoms with Crippen LogP contribution in [-0.2, 0) is 9.47 Å². The lowest BCUT2D eigenvalue weighted by molar-refractivity contribution is 0.0574. The molecule has 4 heterocycles. The van der Waals surface area contributed by atoms with Gasteiger partial charge < -0.3 is 24.2 Å². The molecule has 160 valence electrons. The number of carbonyl (C=O) groups excluding carboxylic acids is 2. The Balaban J connectivity index is 1.53. The Labute approximate surface area is 180 Å². The molecule has 2 saturated heterocycles. The third-order valence-electron chi connectivity index (χ3n) is 5.26. The molecule has 30 heavy (non-hydrogen) atoms. The number of morpholine rings is 1. The molecule has 0 aliphatic carbocycles. The Morgan fingerprint density at radius 1 is 1.10 bits per heavy atom. The quantitative estimate of drug-likeness (QED) is 0.742. The van der Waals surface area contributed by atoms with E-state index in [4.69, 9.17) is 9.47 Å². The predicted octanol–water partition coefficient (Wildman–Crippen LogP) is 2.56. The van der Waals surface area contributed by atoms with E-state index in [1.165, 1.54) is 11.3 Å². The molecule has 0 unspecified atom stereocenters. The van der Waals surface area contributed by atoms with Gasteiger partial charge in [0.05, 0.1) is 30.4 Å². The van der Waals surface area contributed by atoms with E-state index in [1.54, 1.807) is 18.0 Å². The maximum absolute atomic E-state index is 13.2. The average Bonchev–Trinajstić information content (AvgIpc) is 3.25. The maximum Gasteiger partial charge on any atom is 0.409 e. The number of piperazine rings is 1. The highest BCUT2D eigenvalue weighted by atomic mass is 32.1. The molecule has 2 aromatic heterocycles. The number of amides is 2. The van der Waals surface area contributed by atoms with E-state index < -0.39 is 0 Å². The summed E-state index contributed by atoms with van der Waals surface area (Å²) < 4.78 is 10.6. The van der Waals surface area contributed by atoms with Crippen molar-refractivity contribution in [2.75, 3.05) is 64.0 Å². The minimum Gasteiger partial charge on any atom is -0.450 e. The molecule has 0 atom stereocenters. The molecule has 0 N–H and O–H groups in total. The van der Waals surface area contributed by atoms with Crippen LogP contribution in [0.4, 0.5) is 9.80 Å². The summed E-state index contributed by atoms with van der Waals surface area (Å²) in [6, 6.07) is 7.77. The average molecular weight is 431 g/mol. The fraction of sp³-hybridized carbons (Fsp3) is 0.476. The first-order valence-electron chi connectivity index (χ1n) is 10.3. The maximum atomic E-state index is 13.2. The zero-order chi connectivity index (χ0) is 20.9. The van der Waals surface area contributed by atoms with Crippen molar-refractivity contribution in [2.45, 2.75) is 6.92 Å².